The van der Waals surface area contributed by atoms with Crippen molar-refractivity contribution in [1.29, 1.82) is 0 Å². The Labute approximate surface area is 122 Å². The third-order valence-corrected chi connectivity index (χ3v) is 3.44. The third kappa shape index (κ3) is 2.56. The predicted octanol–water partition coefficient (Wildman–Crippen LogP) is 3.29. The van der Waals surface area contributed by atoms with Crippen molar-refractivity contribution in [2.24, 2.45) is 0 Å². The van der Waals surface area contributed by atoms with Crippen LogP contribution in [0.1, 0.15) is 10.5 Å². The molecule has 0 bridgehead atoms. The predicted molar refractivity (Wildman–Crippen MR) is 78.8 cm³/mol. The lowest BCUT2D eigenvalue weighted by Gasteiger charge is -2.07. The van der Waals surface area contributed by atoms with Crippen LogP contribution in [0, 0.1) is 3.57 Å². The molecule has 0 saturated carbocycles. The fraction of sp³-hybridized carbons (Fsp3) is 0. The number of rotatable bonds is 2. The van der Waals surface area contributed by atoms with Crippen LogP contribution in [0.2, 0.25) is 5.02 Å². The lowest BCUT2D eigenvalue weighted by molar-refractivity contribution is 0.0691. The van der Waals surface area contributed by atoms with E-state index < -0.39 is 5.97 Å². The highest BCUT2D eigenvalue weighted by Crippen LogP contribution is 2.28. The number of pyridine rings is 1. The normalized spacial score (nSPS) is 10.3. The van der Waals surface area contributed by atoms with E-state index in [1.54, 1.807) is 6.07 Å². The van der Waals surface area contributed by atoms with E-state index in [2.05, 4.69) is 27.6 Å². The molecule has 3 N–H and O–H groups in total. The van der Waals surface area contributed by atoms with Crippen molar-refractivity contribution >= 4 is 45.8 Å². The van der Waals surface area contributed by atoms with Crippen molar-refractivity contribution in [3.8, 4) is 11.3 Å². The number of nitrogens with zero attached hydrogens (tertiary/aromatic N) is 1. The monoisotopic (exact) mass is 374 g/mol. The van der Waals surface area contributed by atoms with Crippen molar-refractivity contribution in [3.05, 3.63) is 44.6 Å². The summed E-state index contributed by atoms with van der Waals surface area (Å²) in [5.74, 6) is -1.20. The molecule has 1 heterocycles. The molecule has 0 amide bonds. The quantitative estimate of drug-likeness (QED) is 0.791. The second-order valence-corrected chi connectivity index (χ2v) is 5.19. The Morgan fingerprint density at radius 1 is 1.33 bits per heavy atom. The zero-order valence-electron chi connectivity index (χ0n) is 9.02. The van der Waals surface area contributed by atoms with Crippen LogP contribution in [0.25, 0.3) is 11.3 Å². The number of halogens is 2. The first-order valence-electron chi connectivity index (χ1n) is 4.94. The van der Waals surface area contributed by atoms with Gasteiger partial charge in [-0.15, -0.1) is 0 Å². The van der Waals surface area contributed by atoms with Crippen LogP contribution in [-0.2, 0) is 0 Å². The topological polar surface area (TPSA) is 76.2 Å². The fourth-order valence-electron chi connectivity index (χ4n) is 1.46. The number of carboxylic acids is 1. The van der Waals surface area contributed by atoms with Gasteiger partial charge >= 0.3 is 5.97 Å². The van der Waals surface area contributed by atoms with Gasteiger partial charge in [-0.3, -0.25) is 0 Å². The van der Waals surface area contributed by atoms with E-state index in [1.165, 1.54) is 0 Å². The van der Waals surface area contributed by atoms with Gasteiger partial charge in [0.15, 0.2) is 5.69 Å². The summed E-state index contributed by atoms with van der Waals surface area (Å²) >= 11 is 7.99. The Hall–Kier alpha value is -1.34. The van der Waals surface area contributed by atoms with Crippen LogP contribution < -0.4 is 5.73 Å². The number of hydrogen-bond acceptors (Lipinski definition) is 3. The average Bonchev–Trinajstić information content (AvgIpc) is 2.33. The first kappa shape index (κ1) is 13.1. The first-order chi connectivity index (χ1) is 8.49. The molecule has 0 spiro atoms. The standard InChI is InChI=1S/C12H8ClIN2O2/c13-10-8(15)5-9(16-11(10)12(17)18)6-1-3-7(14)4-2-6/h1-5H,(H2,15,16)(H,17,18). The van der Waals surface area contributed by atoms with Gasteiger partial charge in [0.2, 0.25) is 0 Å². The Kier molecular flexibility index (Phi) is 3.72. The molecule has 92 valence electrons. The van der Waals surface area contributed by atoms with E-state index >= 15 is 0 Å². The molecule has 2 rings (SSSR count). The van der Waals surface area contributed by atoms with Gasteiger partial charge in [-0.05, 0) is 40.8 Å². The lowest BCUT2D eigenvalue weighted by Crippen LogP contribution is -2.05. The zero-order chi connectivity index (χ0) is 13.3. The van der Waals surface area contributed by atoms with Crippen LogP contribution in [0.5, 0.6) is 0 Å². The molecule has 2 aromatic rings. The van der Waals surface area contributed by atoms with Crippen LogP contribution in [-0.4, -0.2) is 16.1 Å². The highest BCUT2D eigenvalue weighted by Gasteiger charge is 2.15. The van der Waals surface area contributed by atoms with E-state index in [4.69, 9.17) is 22.4 Å². The van der Waals surface area contributed by atoms with E-state index in [0.29, 0.717) is 5.69 Å². The van der Waals surface area contributed by atoms with E-state index in [1.807, 2.05) is 24.3 Å². The Morgan fingerprint density at radius 2 is 1.94 bits per heavy atom. The molecule has 0 radical (unpaired) electrons. The second kappa shape index (κ2) is 5.11. The van der Waals surface area contributed by atoms with Crippen LogP contribution in [0.15, 0.2) is 30.3 Å². The van der Waals surface area contributed by atoms with Gasteiger partial charge in [0, 0.05) is 9.13 Å². The Morgan fingerprint density at radius 3 is 2.50 bits per heavy atom. The summed E-state index contributed by atoms with van der Waals surface area (Å²) in [7, 11) is 0. The van der Waals surface area contributed by atoms with Crippen LogP contribution >= 0.6 is 34.2 Å². The van der Waals surface area contributed by atoms with Crippen molar-refractivity contribution in [2.75, 3.05) is 5.73 Å². The minimum absolute atomic E-state index is 0.0308. The smallest absolute Gasteiger partial charge is 0.356 e. The lowest BCUT2D eigenvalue weighted by atomic mass is 10.1. The largest absolute Gasteiger partial charge is 0.476 e. The van der Waals surface area contributed by atoms with Gasteiger partial charge in [0.05, 0.1) is 16.4 Å². The summed E-state index contributed by atoms with van der Waals surface area (Å²) < 4.78 is 1.08. The maximum absolute atomic E-state index is 11.0. The maximum atomic E-state index is 11.0. The fourth-order valence-corrected chi connectivity index (χ4v) is 2.00. The maximum Gasteiger partial charge on any atom is 0.356 e. The number of hydrogen-bond donors (Lipinski definition) is 2. The Bertz CT molecular complexity index is 614. The molecule has 1 aromatic carbocycles. The highest BCUT2D eigenvalue weighted by atomic mass is 127. The van der Waals surface area contributed by atoms with Gasteiger partial charge < -0.3 is 10.8 Å². The molecule has 18 heavy (non-hydrogen) atoms. The van der Waals surface area contributed by atoms with Gasteiger partial charge in [0.1, 0.15) is 0 Å². The molecule has 0 aliphatic carbocycles. The molecule has 0 aliphatic rings. The number of carboxylic acid groups (broad SMARTS) is 1. The van der Waals surface area contributed by atoms with E-state index in [-0.39, 0.29) is 16.4 Å². The van der Waals surface area contributed by atoms with Crippen LogP contribution in [0.4, 0.5) is 5.69 Å². The molecule has 0 fully saturated rings. The zero-order valence-corrected chi connectivity index (χ0v) is 11.9. The molecular weight excluding hydrogens is 367 g/mol. The summed E-state index contributed by atoms with van der Waals surface area (Å²) in [6.07, 6.45) is 0. The molecule has 0 unspecified atom stereocenters. The van der Waals surface area contributed by atoms with E-state index in [0.717, 1.165) is 9.13 Å². The molecule has 0 aliphatic heterocycles. The van der Waals surface area contributed by atoms with Gasteiger partial charge in [-0.1, -0.05) is 23.7 Å². The molecule has 0 atom stereocenters. The average molecular weight is 375 g/mol. The van der Waals surface area contributed by atoms with Crippen molar-refractivity contribution in [3.63, 3.8) is 0 Å². The molecule has 6 heteroatoms. The first-order valence-corrected chi connectivity index (χ1v) is 6.40. The summed E-state index contributed by atoms with van der Waals surface area (Å²) in [6, 6.07) is 9.08. The number of nitrogens with two attached hydrogens (primary N) is 1. The van der Waals surface area contributed by atoms with Gasteiger partial charge in [-0.2, -0.15) is 0 Å². The molecule has 1 aromatic heterocycles. The number of carbonyl (C=O) groups is 1. The number of benzene rings is 1. The number of anilines is 1. The Balaban J connectivity index is 2.59. The summed E-state index contributed by atoms with van der Waals surface area (Å²) in [6.45, 7) is 0. The molecule has 0 saturated heterocycles. The van der Waals surface area contributed by atoms with E-state index in [9.17, 15) is 4.79 Å². The van der Waals surface area contributed by atoms with Gasteiger partial charge in [-0.25, -0.2) is 9.78 Å². The second-order valence-electron chi connectivity index (χ2n) is 3.57. The van der Waals surface area contributed by atoms with Crippen molar-refractivity contribution in [1.82, 2.24) is 4.98 Å². The van der Waals surface area contributed by atoms with Crippen molar-refractivity contribution in [2.45, 2.75) is 0 Å². The number of aromatic carboxylic acids is 1. The third-order valence-electron chi connectivity index (χ3n) is 2.33. The van der Waals surface area contributed by atoms with Crippen molar-refractivity contribution < 1.29 is 9.90 Å². The summed E-state index contributed by atoms with van der Waals surface area (Å²) in [5.41, 5.74) is 6.95. The summed E-state index contributed by atoms with van der Waals surface area (Å²) in [5, 5.41) is 8.97. The minimum Gasteiger partial charge on any atom is -0.476 e. The molecular formula is C12H8ClIN2O2. The SMILES string of the molecule is Nc1cc(-c2ccc(I)cc2)nc(C(=O)O)c1Cl. The molecule has 4 nitrogen and oxygen atoms in total. The van der Waals surface area contributed by atoms with Crippen LogP contribution in [0.3, 0.4) is 0 Å². The number of aromatic nitrogens is 1. The summed E-state index contributed by atoms with van der Waals surface area (Å²) in [4.78, 5) is 15.0. The highest BCUT2D eigenvalue weighted by molar-refractivity contribution is 14.1. The minimum atomic E-state index is -1.20. The van der Waals surface area contributed by atoms with Gasteiger partial charge in [0.25, 0.3) is 0 Å². The number of nitrogen functional groups attached to an aromatic ring is 1.